The number of fused-ring (bicyclic) bond motifs is 1. The lowest BCUT2D eigenvalue weighted by molar-refractivity contribution is -0.115. The molecule has 1 aromatic heterocycles. The van der Waals surface area contributed by atoms with Gasteiger partial charge in [0.15, 0.2) is 0 Å². The van der Waals surface area contributed by atoms with Crippen LogP contribution in [-0.2, 0) is 17.6 Å². The van der Waals surface area contributed by atoms with Crippen molar-refractivity contribution >= 4 is 23.2 Å². The summed E-state index contributed by atoms with van der Waals surface area (Å²) in [5, 5.41) is 3.34. The number of anilines is 1. The largest absolute Gasteiger partial charge is 0.469 e. The number of hydrogen-bond acceptors (Lipinski definition) is 3. The summed E-state index contributed by atoms with van der Waals surface area (Å²) >= 11 is 6.30. The first-order valence-electron chi connectivity index (χ1n) is 6.54. The van der Waals surface area contributed by atoms with Crippen LogP contribution in [0.25, 0.3) is 0 Å². The number of benzene rings is 1. The fourth-order valence-electron chi connectivity index (χ4n) is 2.59. The Labute approximate surface area is 121 Å². The van der Waals surface area contributed by atoms with E-state index in [9.17, 15) is 4.79 Å². The monoisotopic (exact) mass is 290 g/mol. The van der Waals surface area contributed by atoms with E-state index in [-0.39, 0.29) is 11.9 Å². The van der Waals surface area contributed by atoms with Crippen LogP contribution in [0.2, 0.25) is 5.02 Å². The molecule has 0 fully saturated rings. The van der Waals surface area contributed by atoms with Gasteiger partial charge in [0.1, 0.15) is 5.76 Å². The number of nitrogens with one attached hydrogen (secondary N) is 1. The quantitative estimate of drug-likeness (QED) is 0.913. The van der Waals surface area contributed by atoms with E-state index in [0.29, 0.717) is 11.4 Å². The number of furan rings is 1. The highest BCUT2D eigenvalue weighted by Gasteiger charge is 2.23. The van der Waals surface area contributed by atoms with Crippen LogP contribution in [0.1, 0.15) is 35.4 Å². The third-order valence-electron chi connectivity index (χ3n) is 3.62. The molecule has 0 aliphatic carbocycles. The van der Waals surface area contributed by atoms with Crippen molar-refractivity contribution in [2.45, 2.75) is 25.8 Å². The number of aryl methyl sites for hydroxylation is 1. The second-order valence-corrected chi connectivity index (χ2v) is 5.29. The number of nitrogens with two attached hydrogens (primary N) is 1. The van der Waals surface area contributed by atoms with Crippen molar-refractivity contribution in [1.29, 1.82) is 0 Å². The lowest BCUT2D eigenvalue weighted by Crippen LogP contribution is -2.13. The summed E-state index contributed by atoms with van der Waals surface area (Å²) in [5.74, 6) is 0.850. The lowest BCUT2D eigenvalue weighted by atomic mass is 9.96. The van der Waals surface area contributed by atoms with E-state index in [1.165, 1.54) is 0 Å². The van der Waals surface area contributed by atoms with E-state index < -0.39 is 0 Å². The van der Waals surface area contributed by atoms with E-state index >= 15 is 0 Å². The molecule has 1 amide bonds. The van der Waals surface area contributed by atoms with Gasteiger partial charge in [0.2, 0.25) is 5.91 Å². The Morgan fingerprint density at radius 2 is 2.25 bits per heavy atom. The number of hydrogen-bond donors (Lipinski definition) is 2. The van der Waals surface area contributed by atoms with Crippen molar-refractivity contribution in [3.8, 4) is 0 Å². The molecule has 1 aliphatic heterocycles. The van der Waals surface area contributed by atoms with Gasteiger partial charge < -0.3 is 15.5 Å². The molecule has 0 radical (unpaired) electrons. The van der Waals surface area contributed by atoms with Gasteiger partial charge in [-0.25, -0.2) is 0 Å². The van der Waals surface area contributed by atoms with Gasteiger partial charge in [-0.1, -0.05) is 18.5 Å². The summed E-state index contributed by atoms with van der Waals surface area (Å²) in [6, 6.07) is 5.20. The van der Waals surface area contributed by atoms with E-state index in [2.05, 4.69) is 5.32 Å². The van der Waals surface area contributed by atoms with E-state index in [1.54, 1.807) is 12.3 Å². The second kappa shape index (κ2) is 4.96. The summed E-state index contributed by atoms with van der Waals surface area (Å²) in [5.41, 5.74) is 9.78. The zero-order chi connectivity index (χ0) is 14.3. The molecule has 1 aromatic carbocycles. The Morgan fingerprint density at radius 3 is 3.00 bits per heavy atom. The van der Waals surface area contributed by atoms with Gasteiger partial charge in [-0.3, -0.25) is 4.79 Å². The maximum absolute atomic E-state index is 11.4. The number of amides is 1. The van der Waals surface area contributed by atoms with Crippen LogP contribution in [0.4, 0.5) is 5.69 Å². The molecule has 0 saturated heterocycles. The van der Waals surface area contributed by atoms with Gasteiger partial charge >= 0.3 is 0 Å². The smallest absolute Gasteiger partial charge is 0.228 e. The Kier molecular flexibility index (Phi) is 3.28. The molecule has 1 atom stereocenters. The molecular weight excluding hydrogens is 276 g/mol. The SMILES string of the molecule is CCc1occc1C(N)c1cc2c(cc1Cl)NC(=O)C2. The minimum atomic E-state index is -0.350. The molecule has 0 saturated carbocycles. The molecule has 1 aliphatic rings. The Hall–Kier alpha value is -1.78. The first-order chi connectivity index (χ1) is 9.60. The van der Waals surface area contributed by atoms with Crippen molar-refractivity contribution < 1.29 is 9.21 Å². The van der Waals surface area contributed by atoms with E-state index in [1.807, 2.05) is 19.1 Å². The fourth-order valence-corrected chi connectivity index (χ4v) is 2.87. The third kappa shape index (κ3) is 2.11. The molecule has 0 bridgehead atoms. The van der Waals surface area contributed by atoms with Crippen molar-refractivity contribution in [1.82, 2.24) is 0 Å². The maximum atomic E-state index is 11.4. The first-order valence-corrected chi connectivity index (χ1v) is 6.92. The summed E-state index contributed by atoms with van der Waals surface area (Å²) in [6.45, 7) is 2.02. The summed E-state index contributed by atoms with van der Waals surface area (Å²) in [7, 11) is 0. The van der Waals surface area contributed by atoms with Crippen molar-refractivity contribution in [2.75, 3.05) is 5.32 Å². The van der Waals surface area contributed by atoms with Gasteiger partial charge in [-0.05, 0) is 29.3 Å². The highest BCUT2D eigenvalue weighted by molar-refractivity contribution is 6.32. The molecular formula is C15H15ClN2O2. The molecule has 20 heavy (non-hydrogen) atoms. The van der Waals surface area contributed by atoms with Gasteiger partial charge in [0.25, 0.3) is 0 Å². The molecule has 104 valence electrons. The van der Waals surface area contributed by atoms with Crippen LogP contribution in [0, 0.1) is 0 Å². The molecule has 0 spiro atoms. The Morgan fingerprint density at radius 1 is 1.45 bits per heavy atom. The minimum Gasteiger partial charge on any atom is -0.469 e. The van der Waals surface area contributed by atoms with Crippen LogP contribution in [0.3, 0.4) is 0 Å². The average Bonchev–Trinajstić information content (AvgIpc) is 3.01. The van der Waals surface area contributed by atoms with E-state index in [0.717, 1.165) is 34.6 Å². The van der Waals surface area contributed by atoms with Crippen molar-refractivity contribution in [2.24, 2.45) is 5.73 Å². The fraction of sp³-hybridized carbons (Fsp3) is 0.267. The van der Waals surface area contributed by atoms with Crippen molar-refractivity contribution in [3.05, 3.63) is 51.9 Å². The maximum Gasteiger partial charge on any atom is 0.228 e. The zero-order valence-corrected chi connectivity index (χ0v) is 11.8. The van der Waals surface area contributed by atoms with Crippen molar-refractivity contribution in [3.63, 3.8) is 0 Å². The lowest BCUT2D eigenvalue weighted by Gasteiger charge is -2.15. The molecule has 3 N–H and O–H groups in total. The molecule has 5 heteroatoms. The standard InChI is InChI=1S/C15H15ClN2O2/c1-2-13-9(3-4-20-13)15(17)10-5-8-6-14(19)18-12(8)7-11(10)16/h3-5,7,15H,2,6,17H2,1H3,(H,18,19). The average molecular weight is 291 g/mol. The molecule has 2 aromatic rings. The number of rotatable bonds is 3. The summed E-state index contributed by atoms with van der Waals surface area (Å²) in [4.78, 5) is 11.4. The van der Waals surface area contributed by atoms with Gasteiger partial charge in [-0.15, -0.1) is 0 Å². The van der Waals surface area contributed by atoms with Crippen LogP contribution < -0.4 is 11.1 Å². The van der Waals surface area contributed by atoms with Gasteiger partial charge in [0, 0.05) is 22.7 Å². The second-order valence-electron chi connectivity index (χ2n) is 4.89. The molecule has 3 rings (SSSR count). The summed E-state index contributed by atoms with van der Waals surface area (Å²) in [6.07, 6.45) is 2.79. The Bertz CT molecular complexity index is 679. The first kappa shape index (κ1) is 13.2. The highest BCUT2D eigenvalue weighted by atomic mass is 35.5. The number of carbonyl (C=O) groups excluding carboxylic acids is 1. The summed E-state index contributed by atoms with van der Waals surface area (Å²) < 4.78 is 5.42. The topological polar surface area (TPSA) is 68.3 Å². The molecule has 4 nitrogen and oxygen atoms in total. The zero-order valence-electron chi connectivity index (χ0n) is 11.1. The van der Waals surface area contributed by atoms with Gasteiger partial charge in [-0.2, -0.15) is 0 Å². The molecule has 1 unspecified atom stereocenters. The number of halogens is 1. The van der Waals surface area contributed by atoms with Crippen LogP contribution in [0.5, 0.6) is 0 Å². The highest BCUT2D eigenvalue weighted by Crippen LogP contribution is 2.35. The van der Waals surface area contributed by atoms with Gasteiger partial charge in [0.05, 0.1) is 18.7 Å². The predicted molar refractivity (Wildman–Crippen MR) is 77.9 cm³/mol. The normalized spacial score (nSPS) is 15.1. The van der Waals surface area contributed by atoms with Crippen LogP contribution >= 0.6 is 11.6 Å². The Balaban J connectivity index is 2.03. The van der Waals surface area contributed by atoms with Crippen LogP contribution in [0.15, 0.2) is 28.9 Å². The third-order valence-corrected chi connectivity index (χ3v) is 3.95. The van der Waals surface area contributed by atoms with E-state index in [4.69, 9.17) is 21.8 Å². The van der Waals surface area contributed by atoms with Crippen LogP contribution in [-0.4, -0.2) is 5.91 Å². The predicted octanol–water partition coefficient (Wildman–Crippen LogP) is 3.04. The number of carbonyl (C=O) groups is 1. The minimum absolute atomic E-state index is 0.0145. The molecule has 2 heterocycles.